The fourth-order valence-electron chi connectivity index (χ4n) is 2.48. The van der Waals surface area contributed by atoms with E-state index in [0.29, 0.717) is 0 Å². The molecule has 0 bridgehead atoms. The van der Waals surface area contributed by atoms with E-state index in [2.05, 4.69) is 24.1 Å². The van der Waals surface area contributed by atoms with Gasteiger partial charge in [0.1, 0.15) is 0 Å². The van der Waals surface area contributed by atoms with E-state index >= 15 is 0 Å². The zero-order valence-electron chi connectivity index (χ0n) is 9.71. The second-order valence-electron chi connectivity index (χ2n) is 4.72. The molecule has 1 aliphatic carbocycles. The van der Waals surface area contributed by atoms with Gasteiger partial charge in [-0.2, -0.15) is 0 Å². The lowest BCUT2D eigenvalue weighted by Gasteiger charge is -2.34. The second kappa shape index (κ2) is 6.12. The first-order valence-corrected chi connectivity index (χ1v) is 7.25. The van der Waals surface area contributed by atoms with Gasteiger partial charge in [-0.3, -0.25) is 0 Å². The molecule has 2 unspecified atom stereocenters. The van der Waals surface area contributed by atoms with Gasteiger partial charge in [0.05, 0.1) is 18.5 Å². The molecule has 2 nitrogen and oxygen atoms in total. The largest absolute Gasteiger partial charge is 0.379 e. The molecule has 0 radical (unpaired) electrons. The first-order valence-electron chi connectivity index (χ1n) is 6.30. The molecule has 1 N–H and O–H groups in total. The predicted molar refractivity (Wildman–Crippen MR) is 66.5 cm³/mol. The van der Waals surface area contributed by atoms with E-state index in [9.17, 15) is 0 Å². The molecule has 15 heavy (non-hydrogen) atoms. The summed E-state index contributed by atoms with van der Waals surface area (Å²) in [5, 5.41) is 5.12. The molecule has 0 spiro atoms. The van der Waals surface area contributed by atoms with E-state index < -0.39 is 0 Å². The summed E-state index contributed by atoms with van der Waals surface area (Å²) in [5.41, 5.74) is 0. The molecule has 1 heterocycles. The van der Waals surface area contributed by atoms with Gasteiger partial charge in [0.15, 0.2) is 0 Å². The summed E-state index contributed by atoms with van der Waals surface area (Å²) in [5.74, 6) is 0. The summed E-state index contributed by atoms with van der Waals surface area (Å²) in [7, 11) is 2.12. The van der Waals surface area contributed by atoms with Crippen LogP contribution in [0.1, 0.15) is 38.5 Å². The number of ether oxygens (including phenoxy) is 1. The minimum Gasteiger partial charge on any atom is -0.379 e. The van der Waals surface area contributed by atoms with Crippen molar-refractivity contribution in [2.45, 2.75) is 55.1 Å². The Kier molecular flexibility index (Phi) is 4.79. The molecular formula is C12H23NOS. The third kappa shape index (κ3) is 3.36. The Labute approximate surface area is 97.5 Å². The van der Waals surface area contributed by atoms with Crippen LogP contribution in [-0.4, -0.2) is 36.8 Å². The highest BCUT2D eigenvalue weighted by Gasteiger charge is 2.28. The Hall–Kier alpha value is 0.270. The zero-order valence-corrected chi connectivity index (χ0v) is 10.5. The first kappa shape index (κ1) is 11.7. The normalized spacial score (nSPS) is 34.2. The van der Waals surface area contributed by atoms with Gasteiger partial charge in [-0.05, 0) is 19.9 Å². The average Bonchev–Trinajstić information content (AvgIpc) is 2.14. The Bertz CT molecular complexity index is 184. The number of hydrogen-bond acceptors (Lipinski definition) is 3. The first-order chi connectivity index (χ1) is 7.40. The van der Waals surface area contributed by atoms with Gasteiger partial charge in [0.2, 0.25) is 0 Å². The van der Waals surface area contributed by atoms with Crippen molar-refractivity contribution in [2.24, 2.45) is 0 Å². The summed E-state index contributed by atoms with van der Waals surface area (Å²) in [6, 6.07) is 0.732. The molecule has 2 atom stereocenters. The van der Waals surface area contributed by atoms with Crippen LogP contribution in [0.3, 0.4) is 0 Å². The summed E-state index contributed by atoms with van der Waals surface area (Å²) in [6.45, 7) is 1.97. The molecule has 1 aliphatic heterocycles. The van der Waals surface area contributed by atoms with Crippen molar-refractivity contribution in [3.8, 4) is 0 Å². The number of nitrogens with one attached hydrogen (secondary N) is 1. The van der Waals surface area contributed by atoms with E-state index in [1.807, 2.05) is 0 Å². The van der Waals surface area contributed by atoms with Crippen molar-refractivity contribution in [2.75, 3.05) is 20.3 Å². The van der Waals surface area contributed by atoms with E-state index in [-0.39, 0.29) is 0 Å². The van der Waals surface area contributed by atoms with E-state index in [4.69, 9.17) is 4.74 Å². The Balaban J connectivity index is 1.83. The van der Waals surface area contributed by atoms with Crippen molar-refractivity contribution < 1.29 is 4.74 Å². The highest BCUT2D eigenvalue weighted by Crippen LogP contribution is 2.32. The quantitative estimate of drug-likeness (QED) is 0.803. The molecule has 0 aromatic heterocycles. The topological polar surface area (TPSA) is 21.3 Å². The lowest BCUT2D eigenvalue weighted by atomic mass is 9.96. The van der Waals surface area contributed by atoms with E-state index in [1.54, 1.807) is 0 Å². The van der Waals surface area contributed by atoms with Crippen molar-refractivity contribution in [1.29, 1.82) is 0 Å². The molecule has 1 saturated heterocycles. The fraction of sp³-hybridized carbons (Fsp3) is 1.00. The van der Waals surface area contributed by atoms with Crippen LogP contribution in [0.2, 0.25) is 0 Å². The highest BCUT2D eigenvalue weighted by molar-refractivity contribution is 8.00. The maximum Gasteiger partial charge on any atom is 0.0608 e. The van der Waals surface area contributed by atoms with Crippen molar-refractivity contribution in [1.82, 2.24) is 5.32 Å². The van der Waals surface area contributed by atoms with Gasteiger partial charge >= 0.3 is 0 Å². The minimum atomic E-state index is 0.732. The zero-order chi connectivity index (χ0) is 10.5. The smallest absolute Gasteiger partial charge is 0.0608 e. The molecule has 1 saturated carbocycles. The SMILES string of the molecule is CNC1CCCCCCC1SC1COC1. The van der Waals surface area contributed by atoms with Crippen molar-refractivity contribution >= 4 is 11.8 Å². The van der Waals surface area contributed by atoms with Gasteiger partial charge in [-0.15, -0.1) is 11.8 Å². The van der Waals surface area contributed by atoms with Crippen LogP contribution in [0.25, 0.3) is 0 Å². The number of hydrogen-bond donors (Lipinski definition) is 1. The summed E-state index contributed by atoms with van der Waals surface area (Å²) in [4.78, 5) is 0. The summed E-state index contributed by atoms with van der Waals surface area (Å²) < 4.78 is 5.26. The highest BCUT2D eigenvalue weighted by atomic mass is 32.2. The molecule has 0 aromatic rings. The molecule has 88 valence electrons. The predicted octanol–water partition coefficient (Wildman–Crippen LogP) is 2.43. The lowest BCUT2D eigenvalue weighted by Crippen LogP contribution is -2.41. The van der Waals surface area contributed by atoms with E-state index in [1.165, 1.54) is 38.5 Å². The van der Waals surface area contributed by atoms with Crippen LogP contribution in [0.15, 0.2) is 0 Å². The fourth-order valence-corrected chi connectivity index (χ4v) is 4.09. The van der Waals surface area contributed by atoms with Crippen LogP contribution in [0.4, 0.5) is 0 Å². The van der Waals surface area contributed by atoms with Crippen LogP contribution < -0.4 is 5.32 Å². The maximum absolute atomic E-state index is 5.26. The number of rotatable bonds is 3. The van der Waals surface area contributed by atoms with Crippen LogP contribution in [-0.2, 0) is 4.74 Å². The monoisotopic (exact) mass is 229 g/mol. The molecule has 2 fully saturated rings. The standard InChI is InChI=1S/C12H23NOS/c1-13-11-6-4-2-3-5-7-12(11)15-10-8-14-9-10/h10-13H,2-9H2,1H3. The van der Waals surface area contributed by atoms with Gasteiger partial charge < -0.3 is 10.1 Å². The lowest BCUT2D eigenvalue weighted by molar-refractivity contribution is 0.0451. The van der Waals surface area contributed by atoms with Gasteiger partial charge in [-0.1, -0.05) is 25.7 Å². The molecule has 3 heteroatoms. The van der Waals surface area contributed by atoms with Crippen LogP contribution in [0, 0.1) is 0 Å². The van der Waals surface area contributed by atoms with Crippen LogP contribution >= 0.6 is 11.8 Å². The van der Waals surface area contributed by atoms with Gasteiger partial charge in [0.25, 0.3) is 0 Å². The number of thioether (sulfide) groups is 1. The maximum atomic E-state index is 5.26. The average molecular weight is 229 g/mol. The minimum absolute atomic E-state index is 0.732. The third-order valence-corrected chi connectivity index (χ3v) is 5.12. The molecule has 2 rings (SSSR count). The Morgan fingerprint density at radius 1 is 1.07 bits per heavy atom. The van der Waals surface area contributed by atoms with Crippen molar-refractivity contribution in [3.05, 3.63) is 0 Å². The van der Waals surface area contributed by atoms with Gasteiger partial charge in [-0.25, -0.2) is 0 Å². The summed E-state index contributed by atoms with van der Waals surface area (Å²) >= 11 is 2.18. The molecule has 0 amide bonds. The van der Waals surface area contributed by atoms with E-state index in [0.717, 1.165) is 29.8 Å². The van der Waals surface area contributed by atoms with Gasteiger partial charge in [0, 0.05) is 11.3 Å². The third-order valence-electron chi connectivity index (χ3n) is 3.55. The Morgan fingerprint density at radius 2 is 1.80 bits per heavy atom. The second-order valence-corrected chi connectivity index (χ2v) is 6.27. The molecule has 0 aromatic carbocycles. The molecular weight excluding hydrogens is 206 g/mol. The summed E-state index contributed by atoms with van der Waals surface area (Å²) in [6.07, 6.45) is 8.46. The Morgan fingerprint density at radius 3 is 2.40 bits per heavy atom. The van der Waals surface area contributed by atoms with Crippen molar-refractivity contribution in [3.63, 3.8) is 0 Å². The molecule has 2 aliphatic rings. The van der Waals surface area contributed by atoms with Crippen LogP contribution in [0.5, 0.6) is 0 Å².